The number of hydrogen-bond donors (Lipinski definition) is 0. The first-order valence-corrected chi connectivity index (χ1v) is 8.32. The number of aryl methyl sites for hydroxylation is 2. The third-order valence-electron chi connectivity index (χ3n) is 3.84. The topological polar surface area (TPSA) is 104 Å². The first-order valence-electron chi connectivity index (χ1n) is 7.09. The Kier molecular flexibility index (Phi) is 5.25. The van der Waals surface area contributed by atoms with E-state index in [-0.39, 0.29) is 0 Å². The number of imidazole rings is 1. The van der Waals surface area contributed by atoms with Crippen molar-refractivity contribution in [2.45, 2.75) is 19.3 Å². The Morgan fingerprint density at radius 1 is 1.00 bits per heavy atom. The van der Waals surface area contributed by atoms with Crippen LogP contribution in [0.1, 0.15) is 19.3 Å². The van der Waals surface area contributed by atoms with Crippen molar-refractivity contribution in [2.24, 2.45) is 14.1 Å². The zero-order chi connectivity index (χ0) is 16.3. The number of anilines is 1. The highest BCUT2D eigenvalue weighted by Gasteiger charge is 2.26. The number of hydrogen-bond acceptors (Lipinski definition) is 5. The standard InChI is InChI=1S/C14H20N3.ClHO4/c1-15-12-8-4-5-9-13(12)16(2)14(15)17-10-6-3-7-11-17;2-1(3,4)5/h4-5,8-9H,3,6-7,10-11H2,1-2H3;(H,2,3,4,5)/q+1;/p-1. The van der Waals surface area contributed by atoms with Gasteiger partial charge in [-0.1, -0.05) is 12.1 Å². The van der Waals surface area contributed by atoms with Crippen molar-refractivity contribution in [3.05, 3.63) is 24.3 Å². The number of aromatic nitrogens is 2. The molecule has 0 atom stereocenters. The fourth-order valence-electron chi connectivity index (χ4n) is 2.99. The summed E-state index contributed by atoms with van der Waals surface area (Å²) in [5, 5.41) is 0. The van der Waals surface area contributed by atoms with Crippen molar-refractivity contribution in [1.29, 1.82) is 0 Å². The van der Waals surface area contributed by atoms with Gasteiger partial charge in [0.05, 0.1) is 27.2 Å². The second kappa shape index (κ2) is 6.80. The molecular formula is C14H20ClN3O4. The highest BCUT2D eigenvalue weighted by Crippen LogP contribution is 2.21. The lowest BCUT2D eigenvalue weighted by Crippen LogP contribution is -2.68. The summed E-state index contributed by atoms with van der Waals surface area (Å²) in [6, 6.07) is 8.62. The Morgan fingerprint density at radius 2 is 1.55 bits per heavy atom. The molecule has 0 N–H and O–H groups in total. The zero-order valence-corrected chi connectivity index (χ0v) is 13.5. The van der Waals surface area contributed by atoms with E-state index in [4.69, 9.17) is 18.6 Å². The van der Waals surface area contributed by atoms with Gasteiger partial charge in [0.2, 0.25) is 0 Å². The Bertz CT molecular complexity index is 588. The summed E-state index contributed by atoms with van der Waals surface area (Å²) in [5.41, 5.74) is 2.63. The van der Waals surface area contributed by atoms with Crippen LogP contribution in [0.2, 0.25) is 0 Å². The minimum absolute atomic E-state index is 1.19. The molecule has 1 aliphatic heterocycles. The second-order valence-electron chi connectivity index (χ2n) is 5.33. The van der Waals surface area contributed by atoms with Gasteiger partial charge in [-0.05, 0) is 31.4 Å². The Hall–Kier alpha value is -1.38. The van der Waals surface area contributed by atoms with Crippen LogP contribution in [0.25, 0.3) is 11.0 Å². The third kappa shape index (κ3) is 4.08. The predicted octanol–water partition coefficient (Wildman–Crippen LogP) is -2.76. The highest BCUT2D eigenvalue weighted by molar-refractivity contribution is 5.74. The van der Waals surface area contributed by atoms with E-state index in [0.29, 0.717) is 0 Å². The summed E-state index contributed by atoms with van der Waals surface area (Å²) in [6.45, 7) is 2.38. The van der Waals surface area contributed by atoms with Crippen LogP contribution in [-0.4, -0.2) is 17.7 Å². The van der Waals surface area contributed by atoms with E-state index in [1.807, 2.05) is 0 Å². The number of fused-ring (bicyclic) bond motifs is 1. The molecule has 0 aliphatic carbocycles. The molecule has 3 rings (SSSR count). The highest BCUT2D eigenvalue weighted by atomic mass is 35.7. The monoisotopic (exact) mass is 329 g/mol. The van der Waals surface area contributed by atoms with Gasteiger partial charge >= 0.3 is 5.95 Å². The number of para-hydroxylation sites is 2. The van der Waals surface area contributed by atoms with Crippen molar-refractivity contribution < 1.29 is 33.4 Å². The van der Waals surface area contributed by atoms with E-state index >= 15 is 0 Å². The van der Waals surface area contributed by atoms with Crippen molar-refractivity contribution in [3.8, 4) is 0 Å². The molecule has 0 spiro atoms. The van der Waals surface area contributed by atoms with Crippen LogP contribution < -0.4 is 28.1 Å². The molecule has 1 fully saturated rings. The van der Waals surface area contributed by atoms with Gasteiger partial charge in [-0.3, -0.25) is 4.90 Å². The number of piperidine rings is 1. The Labute approximate surface area is 131 Å². The fourth-order valence-corrected chi connectivity index (χ4v) is 2.99. The van der Waals surface area contributed by atoms with Gasteiger partial charge in [0, 0.05) is 0 Å². The second-order valence-corrected chi connectivity index (χ2v) is 6.09. The lowest BCUT2D eigenvalue weighted by atomic mass is 10.1. The SMILES string of the molecule is Cn1c(N2CCCCC2)[n+](C)c2ccccc21.[O-][Cl+3]([O-])([O-])[O-]. The predicted molar refractivity (Wildman–Crippen MR) is 70.2 cm³/mol. The van der Waals surface area contributed by atoms with Gasteiger partial charge in [0.15, 0.2) is 0 Å². The molecule has 0 radical (unpaired) electrons. The van der Waals surface area contributed by atoms with Crippen LogP contribution in [0.15, 0.2) is 24.3 Å². The van der Waals surface area contributed by atoms with E-state index in [1.165, 1.54) is 49.3 Å². The summed E-state index contributed by atoms with van der Waals surface area (Å²) in [4.78, 5) is 2.52. The van der Waals surface area contributed by atoms with E-state index in [1.54, 1.807) is 0 Å². The van der Waals surface area contributed by atoms with Crippen LogP contribution >= 0.6 is 0 Å². The van der Waals surface area contributed by atoms with E-state index in [2.05, 4.69) is 52.4 Å². The van der Waals surface area contributed by atoms with Crippen LogP contribution in [0, 0.1) is 10.2 Å². The third-order valence-corrected chi connectivity index (χ3v) is 3.84. The molecule has 1 aromatic carbocycles. The molecule has 1 aliphatic rings. The van der Waals surface area contributed by atoms with Crippen molar-refractivity contribution in [1.82, 2.24) is 4.57 Å². The quantitative estimate of drug-likeness (QED) is 0.527. The van der Waals surface area contributed by atoms with Crippen molar-refractivity contribution in [3.63, 3.8) is 0 Å². The van der Waals surface area contributed by atoms with Crippen LogP contribution in [0.5, 0.6) is 0 Å². The number of rotatable bonds is 1. The number of nitrogens with zero attached hydrogens (tertiary/aromatic N) is 3. The average molecular weight is 330 g/mol. The van der Waals surface area contributed by atoms with Crippen LogP contribution in [0.3, 0.4) is 0 Å². The molecule has 22 heavy (non-hydrogen) atoms. The van der Waals surface area contributed by atoms with E-state index in [0.717, 1.165) is 0 Å². The molecule has 1 aromatic heterocycles. The maximum atomic E-state index is 8.49. The van der Waals surface area contributed by atoms with Crippen molar-refractivity contribution in [2.75, 3.05) is 18.0 Å². The first-order chi connectivity index (χ1) is 10.3. The minimum atomic E-state index is -4.94. The zero-order valence-electron chi connectivity index (χ0n) is 12.7. The normalized spacial score (nSPS) is 15.6. The molecule has 2 heterocycles. The molecule has 7 nitrogen and oxygen atoms in total. The Morgan fingerprint density at radius 3 is 2.09 bits per heavy atom. The summed E-state index contributed by atoms with van der Waals surface area (Å²) in [5.74, 6) is 1.34. The largest absolute Gasteiger partial charge is 0.360 e. The molecule has 0 unspecified atom stereocenters. The summed E-state index contributed by atoms with van der Waals surface area (Å²) in [7, 11) is -0.599. The fraction of sp³-hybridized carbons (Fsp3) is 0.500. The smallest absolute Gasteiger partial charge is 0.264 e. The number of benzene rings is 1. The number of halogens is 1. The van der Waals surface area contributed by atoms with Gasteiger partial charge in [0.25, 0.3) is 0 Å². The molecule has 0 amide bonds. The van der Waals surface area contributed by atoms with Gasteiger partial charge in [0.1, 0.15) is 11.0 Å². The van der Waals surface area contributed by atoms with Gasteiger partial charge in [-0.2, -0.15) is 0 Å². The maximum Gasteiger partial charge on any atom is 0.360 e. The van der Waals surface area contributed by atoms with Gasteiger partial charge in [-0.25, -0.2) is 27.8 Å². The average Bonchev–Trinajstić information content (AvgIpc) is 2.71. The lowest BCUT2D eigenvalue weighted by Gasteiger charge is -2.22. The molecule has 8 heteroatoms. The minimum Gasteiger partial charge on any atom is -0.264 e. The molecule has 0 bridgehead atoms. The van der Waals surface area contributed by atoms with Gasteiger partial charge in [-0.15, -0.1) is 10.2 Å². The summed E-state index contributed by atoms with van der Waals surface area (Å²) in [6.07, 6.45) is 4.02. The van der Waals surface area contributed by atoms with E-state index in [9.17, 15) is 0 Å². The maximum absolute atomic E-state index is 8.49. The molecule has 2 aromatic rings. The van der Waals surface area contributed by atoms with E-state index < -0.39 is 10.2 Å². The summed E-state index contributed by atoms with van der Waals surface area (Å²) < 4.78 is 38.6. The molecular weight excluding hydrogens is 310 g/mol. The molecule has 0 saturated carbocycles. The Balaban J connectivity index is 0.000000309. The first kappa shape index (κ1) is 17.0. The summed E-state index contributed by atoms with van der Waals surface area (Å²) >= 11 is 0. The molecule has 1 saturated heterocycles. The van der Waals surface area contributed by atoms with Crippen molar-refractivity contribution >= 4 is 17.0 Å². The van der Waals surface area contributed by atoms with Gasteiger partial charge < -0.3 is 0 Å². The lowest BCUT2D eigenvalue weighted by molar-refractivity contribution is -2.00. The molecule has 122 valence electrons. The van der Waals surface area contributed by atoms with Crippen LogP contribution in [-0.2, 0) is 14.1 Å². The van der Waals surface area contributed by atoms with Crippen LogP contribution in [0.4, 0.5) is 5.95 Å².